The molecule has 3 fully saturated rings. The first kappa shape index (κ1) is 31.3. The summed E-state index contributed by atoms with van der Waals surface area (Å²) in [6.07, 6.45) is 0.773. The van der Waals surface area contributed by atoms with E-state index in [1.807, 2.05) is 12.1 Å². The number of amides is 1. The number of hydrogen-bond acceptors (Lipinski definition) is 6. The highest BCUT2D eigenvalue weighted by Crippen LogP contribution is 2.36. The Morgan fingerprint density at radius 2 is 1.55 bits per heavy atom. The van der Waals surface area contributed by atoms with Crippen molar-refractivity contribution in [2.24, 2.45) is 11.8 Å². The van der Waals surface area contributed by atoms with E-state index >= 15 is 0 Å². The first-order valence-electron chi connectivity index (χ1n) is 11.9. The molecular formula is C23H29F6N3O6. The van der Waals surface area contributed by atoms with Crippen LogP contribution in [0.2, 0.25) is 0 Å². The zero-order valence-electron chi connectivity index (χ0n) is 20.2. The van der Waals surface area contributed by atoms with Crippen LogP contribution in [0.15, 0.2) is 24.5 Å². The van der Waals surface area contributed by atoms with Gasteiger partial charge in [-0.15, -0.1) is 0 Å². The fourth-order valence-electron chi connectivity index (χ4n) is 4.74. The number of carboxylic acid groups (broad SMARTS) is 2. The van der Waals surface area contributed by atoms with Gasteiger partial charge in [-0.3, -0.25) is 14.7 Å². The van der Waals surface area contributed by atoms with Gasteiger partial charge in [0.2, 0.25) is 5.91 Å². The fourth-order valence-corrected chi connectivity index (χ4v) is 4.74. The van der Waals surface area contributed by atoms with Gasteiger partial charge in [-0.05, 0) is 37.8 Å². The number of hydrogen-bond donors (Lipinski definition) is 3. The number of halogens is 6. The molecule has 9 nitrogen and oxygen atoms in total. The van der Waals surface area contributed by atoms with E-state index in [2.05, 4.69) is 15.2 Å². The molecule has 4 rings (SSSR count). The summed E-state index contributed by atoms with van der Waals surface area (Å²) in [5, 5.41) is 17.3. The molecule has 1 saturated carbocycles. The molecule has 0 aromatic carbocycles. The van der Waals surface area contributed by atoms with Gasteiger partial charge in [0.1, 0.15) is 0 Å². The molecule has 1 amide bonds. The lowest BCUT2D eigenvalue weighted by molar-refractivity contribution is -0.193. The highest BCUT2D eigenvalue weighted by Gasteiger charge is 2.43. The molecule has 38 heavy (non-hydrogen) atoms. The van der Waals surface area contributed by atoms with Crippen LogP contribution in [0, 0.1) is 11.8 Å². The smallest absolute Gasteiger partial charge is 0.475 e. The van der Waals surface area contributed by atoms with Gasteiger partial charge < -0.3 is 20.3 Å². The summed E-state index contributed by atoms with van der Waals surface area (Å²) in [5.41, 5.74) is 0.786. The molecule has 0 spiro atoms. The van der Waals surface area contributed by atoms with Crippen LogP contribution in [0.5, 0.6) is 0 Å². The number of aliphatic carboxylic acids is 2. The molecule has 1 aliphatic carbocycles. The molecule has 1 aromatic heterocycles. The quantitative estimate of drug-likeness (QED) is 0.477. The number of nitrogens with zero attached hydrogens (tertiary/aromatic N) is 2. The van der Waals surface area contributed by atoms with Gasteiger partial charge in [0.15, 0.2) is 0 Å². The number of aromatic nitrogens is 1. The number of pyridine rings is 1. The molecule has 3 atom stereocenters. The third-order valence-corrected chi connectivity index (χ3v) is 6.49. The van der Waals surface area contributed by atoms with Crippen molar-refractivity contribution in [3.05, 3.63) is 24.5 Å². The minimum atomic E-state index is -5.08. The van der Waals surface area contributed by atoms with Crippen LogP contribution in [0.4, 0.5) is 32.0 Å². The van der Waals surface area contributed by atoms with E-state index in [4.69, 9.17) is 24.5 Å². The van der Waals surface area contributed by atoms with Gasteiger partial charge in [-0.1, -0.05) is 12.8 Å². The first-order valence-corrected chi connectivity index (χ1v) is 11.9. The lowest BCUT2D eigenvalue weighted by atomic mass is 9.78. The van der Waals surface area contributed by atoms with E-state index in [0.29, 0.717) is 12.5 Å². The average molecular weight is 557 g/mol. The van der Waals surface area contributed by atoms with E-state index in [9.17, 15) is 31.1 Å². The highest BCUT2D eigenvalue weighted by atomic mass is 19.4. The minimum absolute atomic E-state index is 0.0492. The van der Waals surface area contributed by atoms with Crippen LogP contribution in [0.25, 0.3) is 0 Å². The second-order valence-electron chi connectivity index (χ2n) is 9.03. The number of fused-ring (bicyclic) bond motifs is 1. The summed E-state index contributed by atoms with van der Waals surface area (Å²) >= 11 is 0. The minimum Gasteiger partial charge on any atom is -0.475 e. The standard InChI is InChI=1S/C19H27N3O2.2C2HF3O2/c23-19(21-14-4-3-9-20-12-14)16-8-11-24-18-7-10-22(13-17(16)18)15-5-1-2-6-15;2*3-2(4,5)1(6)7/h3-4,9,12,15-18H,1-2,5-8,10-11,13H2,(H,21,23);2*(H,6,7)/t16-,17+,18-;;/m1../s1. The number of rotatable bonds is 3. The Morgan fingerprint density at radius 1 is 0.974 bits per heavy atom. The van der Waals surface area contributed by atoms with Gasteiger partial charge in [-0.25, -0.2) is 9.59 Å². The summed E-state index contributed by atoms with van der Waals surface area (Å²) < 4.78 is 69.5. The second kappa shape index (κ2) is 13.7. The van der Waals surface area contributed by atoms with E-state index < -0.39 is 24.3 Å². The van der Waals surface area contributed by atoms with Gasteiger partial charge in [0.05, 0.1) is 18.0 Å². The summed E-state index contributed by atoms with van der Waals surface area (Å²) in [6.45, 7) is 2.85. The zero-order valence-corrected chi connectivity index (χ0v) is 20.2. The normalized spacial score (nSPS) is 24.1. The number of anilines is 1. The maximum atomic E-state index is 12.8. The molecule has 0 radical (unpaired) electrons. The number of alkyl halides is 6. The van der Waals surface area contributed by atoms with Gasteiger partial charge in [-0.2, -0.15) is 26.3 Å². The number of carbonyl (C=O) groups excluding carboxylic acids is 1. The molecule has 3 aliphatic rings. The largest absolute Gasteiger partial charge is 0.490 e. The second-order valence-corrected chi connectivity index (χ2v) is 9.03. The van der Waals surface area contributed by atoms with Crippen molar-refractivity contribution in [2.75, 3.05) is 25.0 Å². The third kappa shape index (κ3) is 9.74. The number of carbonyl (C=O) groups is 3. The first-order chi connectivity index (χ1) is 17.7. The van der Waals surface area contributed by atoms with Crippen molar-refractivity contribution in [2.45, 2.75) is 63.0 Å². The van der Waals surface area contributed by atoms with Crippen molar-refractivity contribution in [1.29, 1.82) is 0 Å². The monoisotopic (exact) mass is 557 g/mol. The maximum absolute atomic E-state index is 12.8. The number of likely N-dealkylation sites (tertiary alicyclic amines) is 1. The lowest BCUT2D eigenvalue weighted by Gasteiger charge is -2.46. The fraction of sp³-hybridized carbons (Fsp3) is 0.652. The number of nitrogens with one attached hydrogen (secondary N) is 1. The predicted molar refractivity (Wildman–Crippen MR) is 120 cm³/mol. The molecule has 2 aliphatic heterocycles. The van der Waals surface area contributed by atoms with Crippen molar-refractivity contribution in [3.63, 3.8) is 0 Å². The van der Waals surface area contributed by atoms with Crippen LogP contribution in [-0.4, -0.2) is 82.1 Å². The molecule has 15 heteroatoms. The molecule has 3 heterocycles. The Bertz CT molecular complexity index is 900. The van der Waals surface area contributed by atoms with Crippen LogP contribution < -0.4 is 5.32 Å². The molecule has 214 valence electrons. The Hall–Kier alpha value is -2.94. The highest BCUT2D eigenvalue weighted by molar-refractivity contribution is 5.92. The van der Waals surface area contributed by atoms with Crippen LogP contribution in [-0.2, 0) is 19.1 Å². The van der Waals surface area contributed by atoms with E-state index in [0.717, 1.165) is 37.7 Å². The predicted octanol–water partition coefficient (Wildman–Crippen LogP) is 3.96. The van der Waals surface area contributed by atoms with Crippen molar-refractivity contribution in [3.8, 4) is 0 Å². The molecule has 1 aromatic rings. The molecular weight excluding hydrogens is 528 g/mol. The molecule has 0 bridgehead atoms. The lowest BCUT2D eigenvalue weighted by Crippen LogP contribution is -2.54. The Kier molecular flexibility index (Phi) is 11.3. The molecule has 3 N–H and O–H groups in total. The van der Waals surface area contributed by atoms with Crippen LogP contribution in [0.3, 0.4) is 0 Å². The SMILES string of the molecule is O=C(Nc1cccnc1)[C@@H]1CCO[C@@H]2CCN(C3CCCC3)C[C@H]21.O=C(O)C(F)(F)F.O=C(O)C(F)(F)F. The third-order valence-electron chi connectivity index (χ3n) is 6.49. The number of piperidine rings is 1. The average Bonchev–Trinajstić information content (AvgIpc) is 3.39. The van der Waals surface area contributed by atoms with Crippen molar-refractivity contribution < 1.29 is 55.7 Å². The zero-order chi connectivity index (χ0) is 28.5. The molecule has 2 saturated heterocycles. The Balaban J connectivity index is 0.000000301. The van der Waals surface area contributed by atoms with Gasteiger partial charge in [0.25, 0.3) is 0 Å². The van der Waals surface area contributed by atoms with Crippen molar-refractivity contribution >= 4 is 23.5 Å². The maximum Gasteiger partial charge on any atom is 0.490 e. The van der Waals surface area contributed by atoms with Gasteiger partial charge in [0, 0.05) is 43.8 Å². The van der Waals surface area contributed by atoms with E-state index in [1.54, 1.807) is 12.4 Å². The Labute approximate surface area is 214 Å². The number of ether oxygens (including phenoxy) is 1. The van der Waals surface area contributed by atoms with E-state index in [1.165, 1.54) is 25.7 Å². The summed E-state index contributed by atoms with van der Waals surface area (Å²) in [7, 11) is 0. The van der Waals surface area contributed by atoms with E-state index in [-0.39, 0.29) is 17.9 Å². The molecule has 0 unspecified atom stereocenters. The van der Waals surface area contributed by atoms with Crippen LogP contribution >= 0.6 is 0 Å². The van der Waals surface area contributed by atoms with Crippen LogP contribution in [0.1, 0.15) is 38.5 Å². The summed E-state index contributed by atoms with van der Waals surface area (Å²) in [6, 6.07) is 4.48. The summed E-state index contributed by atoms with van der Waals surface area (Å²) in [4.78, 5) is 37.3. The van der Waals surface area contributed by atoms with Gasteiger partial charge >= 0.3 is 24.3 Å². The Morgan fingerprint density at radius 3 is 2.05 bits per heavy atom. The topological polar surface area (TPSA) is 129 Å². The summed E-state index contributed by atoms with van der Waals surface area (Å²) in [5.74, 6) is -5.01. The number of carboxylic acids is 2. The van der Waals surface area contributed by atoms with Crippen molar-refractivity contribution in [1.82, 2.24) is 9.88 Å².